The Morgan fingerprint density at radius 1 is 1.16 bits per heavy atom. The Bertz CT molecular complexity index is 1210. The SMILES string of the molecule is O=C(/C=C/CC(=O)ON1C=NCC1)Nc1ccc2ncnc(Nc3cccc(Br)c3)c2c1. The van der Waals surface area contributed by atoms with E-state index in [4.69, 9.17) is 4.84 Å². The standard InChI is InChI=1S/C22H19BrN6O3/c23-15-3-1-4-16(11-15)28-22-18-12-17(7-8-19(18)25-13-26-22)27-20(30)5-2-6-21(31)32-29-10-9-24-14-29/h1-5,7-8,11-14H,6,9-10H2,(H,27,30)(H,25,26,28)/b5-2+. The largest absolute Gasteiger partial charge is 0.340 e. The molecule has 162 valence electrons. The molecule has 0 saturated heterocycles. The second kappa shape index (κ2) is 10.0. The zero-order valence-corrected chi connectivity index (χ0v) is 18.4. The van der Waals surface area contributed by atoms with Crippen molar-refractivity contribution >= 4 is 62.2 Å². The van der Waals surface area contributed by atoms with E-state index in [0.29, 0.717) is 24.6 Å². The molecule has 1 amide bonds. The van der Waals surface area contributed by atoms with Crippen molar-refractivity contribution in [2.45, 2.75) is 6.42 Å². The molecule has 1 aliphatic heterocycles. The number of fused-ring (bicyclic) bond motifs is 1. The molecule has 0 unspecified atom stereocenters. The molecule has 0 aliphatic carbocycles. The molecule has 1 aromatic heterocycles. The molecule has 9 nitrogen and oxygen atoms in total. The summed E-state index contributed by atoms with van der Waals surface area (Å²) < 4.78 is 0.943. The van der Waals surface area contributed by atoms with Crippen LogP contribution in [-0.4, -0.2) is 46.3 Å². The highest BCUT2D eigenvalue weighted by molar-refractivity contribution is 9.10. The Kier molecular flexibility index (Phi) is 6.71. The number of nitrogens with one attached hydrogen (secondary N) is 2. The number of aromatic nitrogens is 2. The fourth-order valence-electron chi connectivity index (χ4n) is 2.98. The molecule has 0 fully saturated rings. The van der Waals surface area contributed by atoms with Gasteiger partial charge in [-0.25, -0.2) is 14.8 Å². The second-order valence-electron chi connectivity index (χ2n) is 6.81. The zero-order chi connectivity index (χ0) is 22.3. The molecule has 1 aliphatic rings. The molecule has 3 aromatic rings. The highest BCUT2D eigenvalue weighted by Crippen LogP contribution is 2.27. The maximum absolute atomic E-state index is 12.3. The fourth-order valence-corrected chi connectivity index (χ4v) is 3.38. The number of amides is 1. The predicted octanol–water partition coefficient (Wildman–Crippen LogP) is 3.82. The van der Waals surface area contributed by atoms with Gasteiger partial charge in [0, 0.05) is 21.2 Å². The summed E-state index contributed by atoms with van der Waals surface area (Å²) in [5.74, 6) is -0.209. The summed E-state index contributed by atoms with van der Waals surface area (Å²) in [6.45, 7) is 1.14. The number of hydroxylamine groups is 2. The summed E-state index contributed by atoms with van der Waals surface area (Å²) in [4.78, 5) is 41.7. The van der Waals surface area contributed by atoms with Gasteiger partial charge in [-0.3, -0.25) is 9.79 Å². The number of halogens is 1. The minimum absolute atomic E-state index is 0.0238. The quantitative estimate of drug-likeness (QED) is 0.480. The number of nitrogens with zero attached hydrogens (tertiary/aromatic N) is 4. The van der Waals surface area contributed by atoms with Crippen LogP contribution >= 0.6 is 15.9 Å². The summed E-state index contributed by atoms with van der Waals surface area (Å²) in [7, 11) is 0. The Balaban J connectivity index is 1.41. The van der Waals surface area contributed by atoms with Crippen molar-refractivity contribution in [1.29, 1.82) is 0 Å². The summed E-state index contributed by atoms with van der Waals surface area (Å²) in [5, 5.41) is 8.18. The number of hydrogen-bond donors (Lipinski definition) is 2. The van der Waals surface area contributed by atoms with Gasteiger partial charge in [0.25, 0.3) is 0 Å². The average Bonchev–Trinajstić information content (AvgIpc) is 3.27. The predicted molar refractivity (Wildman–Crippen MR) is 126 cm³/mol. The van der Waals surface area contributed by atoms with E-state index < -0.39 is 5.97 Å². The molecule has 2 N–H and O–H groups in total. The summed E-state index contributed by atoms with van der Waals surface area (Å²) in [6.07, 6.45) is 5.68. The lowest BCUT2D eigenvalue weighted by molar-refractivity contribution is -0.169. The molecule has 4 rings (SSSR count). The smallest absolute Gasteiger partial charge is 0.336 e. The van der Waals surface area contributed by atoms with Gasteiger partial charge in [0.15, 0.2) is 0 Å². The van der Waals surface area contributed by atoms with Crippen LogP contribution in [0.3, 0.4) is 0 Å². The number of rotatable bonds is 7. The lowest BCUT2D eigenvalue weighted by Gasteiger charge is -2.11. The van der Waals surface area contributed by atoms with Gasteiger partial charge in [0.2, 0.25) is 5.91 Å². The molecule has 0 bridgehead atoms. The van der Waals surface area contributed by atoms with E-state index >= 15 is 0 Å². The third-order valence-electron chi connectivity index (χ3n) is 4.42. The van der Waals surface area contributed by atoms with E-state index in [1.54, 1.807) is 18.2 Å². The van der Waals surface area contributed by atoms with Crippen LogP contribution in [0.2, 0.25) is 0 Å². The molecule has 2 aromatic carbocycles. The molecule has 32 heavy (non-hydrogen) atoms. The van der Waals surface area contributed by atoms with Crippen LogP contribution in [0.15, 0.2) is 70.4 Å². The molecular formula is C22H19BrN6O3. The topological polar surface area (TPSA) is 109 Å². The zero-order valence-electron chi connectivity index (χ0n) is 16.9. The third kappa shape index (κ3) is 5.67. The van der Waals surface area contributed by atoms with Gasteiger partial charge in [-0.05, 0) is 42.5 Å². The van der Waals surface area contributed by atoms with Gasteiger partial charge in [-0.1, -0.05) is 28.1 Å². The van der Waals surface area contributed by atoms with Crippen molar-refractivity contribution in [2.24, 2.45) is 4.99 Å². The number of anilines is 3. The Hall–Kier alpha value is -3.79. The fraction of sp³-hybridized carbons (Fsp3) is 0.136. The minimum atomic E-state index is -0.464. The van der Waals surface area contributed by atoms with E-state index in [-0.39, 0.29) is 12.3 Å². The maximum atomic E-state index is 12.3. The van der Waals surface area contributed by atoms with Crippen LogP contribution in [0.4, 0.5) is 17.2 Å². The van der Waals surface area contributed by atoms with Crippen LogP contribution in [0, 0.1) is 0 Å². The normalized spacial score (nSPS) is 13.0. The first-order valence-corrected chi connectivity index (χ1v) is 10.6. The Labute approximate surface area is 192 Å². The van der Waals surface area contributed by atoms with Crippen LogP contribution < -0.4 is 10.6 Å². The van der Waals surface area contributed by atoms with Crippen molar-refractivity contribution in [3.05, 3.63) is 65.4 Å². The average molecular weight is 495 g/mol. The first-order chi connectivity index (χ1) is 15.6. The summed E-state index contributed by atoms with van der Waals surface area (Å²) in [5.41, 5.74) is 2.18. The van der Waals surface area contributed by atoms with E-state index in [2.05, 4.69) is 41.5 Å². The third-order valence-corrected chi connectivity index (χ3v) is 4.92. The van der Waals surface area contributed by atoms with Crippen molar-refractivity contribution in [1.82, 2.24) is 15.0 Å². The van der Waals surface area contributed by atoms with E-state index in [1.165, 1.54) is 29.9 Å². The highest BCUT2D eigenvalue weighted by Gasteiger charge is 2.11. The van der Waals surface area contributed by atoms with Crippen LogP contribution in [0.25, 0.3) is 10.9 Å². The van der Waals surface area contributed by atoms with E-state index in [0.717, 1.165) is 21.1 Å². The molecule has 10 heteroatoms. The van der Waals surface area contributed by atoms with Gasteiger partial charge < -0.3 is 15.5 Å². The number of aliphatic imine (C=N–C) groups is 1. The highest BCUT2D eigenvalue weighted by atomic mass is 79.9. The van der Waals surface area contributed by atoms with Crippen molar-refractivity contribution < 1.29 is 14.4 Å². The number of hydrogen-bond acceptors (Lipinski definition) is 8. The van der Waals surface area contributed by atoms with Crippen LogP contribution in [0.1, 0.15) is 6.42 Å². The van der Waals surface area contributed by atoms with Gasteiger partial charge in [-0.15, -0.1) is 0 Å². The first kappa shape index (κ1) is 21.4. The van der Waals surface area contributed by atoms with Gasteiger partial charge in [0.05, 0.1) is 25.0 Å². The number of benzene rings is 2. The van der Waals surface area contributed by atoms with Crippen molar-refractivity contribution in [3.8, 4) is 0 Å². The lowest BCUT2D eigenvalue weighted by Crippen LogP contribution is -2.23. The monoisotopic (exact) mass is 494 g/mol. The maximum Gasteiger partial charge on any atom is 0.336 e. The number of carbonyl (C=O) groups excluding carboxylic acids is 2. The molecular weight excluding hydrogens is 476 g/mol. The molecule has 0 radical (unpaired) electrons. The summed E-state index contributed by atoms with van der Waals surface area (Å²) >= 11 is 3.45. The van der Waals surface area contributed by atoms with Gasteiger partial charge in [-0.2, -0.15) is 5.06 Å². The van der Waals surface area contributed by atoms with Crippen molar-refractivity contribution in [2.75, 3.05) is 23.7 Å². The minimum Gasteiger partial charge on any atom is -0.340 e. The summed E-state index contributed by atoms with van der Waals surface area (Å²) in [6, 6.07) is 13.1. The van der Waals surface area contributed by atoms with Crippen LogP contribution in [-0.2, 0) is 14.4 Å². The van der Waals surface area contributed by atoms with E-state index in [1.807, 2.05) is 24.3 Å². The van der Waals surface area contributed by atoms with Gasteiger partial charge >= 0.3 is 5.97 Å². The molecule has 0 atom stereocenters. The first-order valence-electron chi connectivity index (χ1n) is 9.79. The number of carbonyl (C=O) groups is 2. The Morgan fingerprint density at radius 2 is 2.06 bits per heavy atom. The van der Waals surface area contributed by atoms with Crippen molar-refractivity contribution in [3.63, 3.8) is 0 Å². The molecule has 2 heterocycles. The Morgan fingerprint density at radius 3 is 2.88 bits per heavy atom. The van der Waals surface area contributed by atoms with Crippen LogP contribution in [0.5, 0.6) is 0 Å². The van der Waals surface area contributed by atoms with E-state index in [9.17, 15) is 9.59 Å². The molecule has 0 spiro atoms. The van der Waals surface area contributed by atoms with Gasteiger partial charge in [0.1, 0.15) is 18.5 Å². The lowest BCUT2D eigenvalue weighted by atomic mass is 10.2. The second-order valence-corrected chi connectivity index (χ2v) is 7.73. The molecule has 0 saturated carbocycles.